The van der Waals surface area contributed by atoms with Gasteiger partial charge < -0.3 is 15.0 Å². The lowest BCUT2D eigenvalue weighted by Crippen LogP contribution is -2.39. The Hall–Kier alpha value is -1.73. The molecule has 7 heteroatoms. The van der Waals surface area contributed by atoms with Gasteiger partial charge in [-0.2, -0.15) is 0 Å². The van der Waals surface area contributed by atoms with E-state index in [1.54, 1.807) is 11.8 Å². The highest BCUT2D eigenvalue weighted by molar-refractivity contribution is 7.20. The van der Waals surface area contributed by atoms with Crippen LogP contribution in [0.5, 0.6) is 0 Å². The molecule has 1 amide bonds. The number of rotatable bonds is 2. The summed E-state index contributed by atoms with van der Waals surface area (Å²) in [7, 11) is 0. The summed E-state index contributed by atoms with van der Waals surface area (Å²) in [4.78, 5) is 34.1. The third-order valence-corrected chi connectivity index (χ3v) is 5.45. The quantitative estimate of drug-likeness (QED) is 0.871. The Bertz CT molecular complexity index is 751. The first-order chi connectivity index (χ1) is 10.0. The topological polar surface area (TPSA) is 86.3 Å². The third-order valence-electron chi connectivity index (χ3n) is 4.26. The molecule has 0 spiro atoms. The van der Waals surface area contributed by atoms with Gasteiger partial charge >= 0.3 is 0 Å². The average Bonchev–Trinajstić information content (AvgIpc) is 3.00. The predicted octanol–water partition coefficient (Wildman–Crippen LogP) is 1.14. The summed E-state index contributed by atoms with van der Waals surface area (Å²) in [6.07, 6.45) is 2.24. The van der Waals surface area contributed by atoms with Crippen LogP contribution in [0.3, 0.4) is 0 Å². The molecule has 0 bridgehead atoms. The summed E-state index contributed by atoms with van der Waals surface area (Å²) in [6.45, 7) is 4.42. The minimum atomic E-state index is -0.221. The molecule has 0 aliphatic carbocycles. The lowest BCUT2D eigenvalue weighted by Gasteiger charge is -2.24. The number of aromatic nitrogens is 2. The van der Waals surface area contributed by atoms with Crippen LogP contribution in [-0.2, 0) is 0 Å². The molecule has 1 saturated heterocycles. The van der Waals surface area contributed by atoms with Gasteiger partial charge in [-0.15, -0.1) is 11.3 Å². The van der Waals surface area contributed by atoms with E-state index in [2.05, 4.69) is 9.97 Å². The Labute approximate surface area is 125 Å². The number of carbonyl (C=O) groups is 1. The van der Waals surface area contributed by atoms with Gasteiger partial charge in [-0.05, 0) is 24.8 Å². The van der Waals surface area contributed by atoms with E-state index in [0.29, 0.717) is 27.2 Å². The standard InChI is InChI=1S/C14H17N3O3S/c1-7-3-4-17(9(7)5-18)14(20)11-8(2)10-12(19)15-6-16-13(10)21-11/h6-7,9,18H,3-5H2,1-2H3,(H,15,16,19). The second kappa shape index (κ2) is 5.23. The van der Waals surface area contributed by atoms with E-state index in [0.717, 1.165) is 6.42 Å². The number of hydrogen-bond donors (Lipinski definition) is 2. The zero-order valence-corrected chi connectivity index (χ0v) is 12.7. The van der Waals surface area contributed by atoms with E-state index < -0.39 is 0 Å². The molecule has 6 nitrogen and oxygen atoms in total. The van der Waals surface area contributed by atoms with E-state index >= 15 is 0 Å². The van der Waals surface area contributed by atoms with Crippen LogP contribution in [0.4, 0.5) is 0 Å². The summed E-state index contributed by atoms with van der Waals surface area (Å²) in [6, 6.07) is -0.145. The number of fused-ring (bicyclic) bond motifs is 1. The van der Waals surface area contributed by atoms with Crippen molar-refractivity contribution >= 4 is 27.5 Å². The van der Waals surface area contributed by atoms with E-state index in [9.17, 15) is 14.7 Å². The Kier molecular flexibility index (Phi) is 3.54. The van der Waals surface area contributed by atoms with Gasteiger partial charge in [0.05, 0.1) is 29.2 Å². The van der Waals surface area contributed by atoms with Crippen LogP contribution in [0.2, 0.25) is 0 Å². The number of aliphatic hydroxyl groups excluding tert-OH is 1. The summed E-state index contributed by atoms with van der Waals surface area (Å²) in [5.41, 5.74) is 0.451. The normalized spacial score (nSPS) is 22.1. The van der Waals surface area contributed by atoms with Crippen molar-refractivity contribution in [3.63, 3.8) is 0 Å². The molecule has 3 heterocycles. The molecule has 0 saturated carbocycles. The summed E-state index contributed by atoms with van der Waals surface area (Å²) < 4.78 is 0. The number of amides is 1. The lowest BCUT2D eigenvalue weighted by molar-refractivity contribution is 0.0652. The number of hydrogen-bond acceptors (Lipinski definition) is 5. The van der Waals surface area contributed by atoms with Crippen molar-refractivity contribution in [3.05, 3.63) is 27.1 Å². The van der Waals surface area contributed by atoms with Gasteiger partial charge in [-0.1, -0.05) is 6.92 Å². The first-order valence-corrected chi connectivity index (χ1v) is 7.74. The molecule has 0 radical (unpaired) electrons. The molecule has 3 rings (SSSR count). The molecule has 2 aromatic rings. The van der Waals surface area contributed by atoms with E-state index in [4.69, 9.17) is 0 Å². The molecule has 2 atom stereocenters. The largest absolute Gasteiger partial charge is 0.394 e. The monoisotopic (exact) mass is 307 g/mol. The third kappa shape index (κ3) is 2.16. The molecule has 21 heavy (non-hydrogen) atoms. The number of aromatic amines is 1. The predicted molar refractivity (Wildman–Crippen MR) is 80.7 cm³/mol. The number of H-pyrrole nitrogens is 1. The first-order valence-electron chi connectivity index (χ1n) is 6.93. The second-order valence-electron chi connectivity index (χ2n) is 5.48. The van der Waals surface area contributed by atoms with Crippen molar-refractivity contribution in [3.8, 4) is 0 Å². The Morgan fingerprint density at radius 2 is 2.38 bits per heavy atom. The lowest BCUT2D eigenvalue weighted by atomic mass is 10.0. The Morgan fingerprint density at radius 3 is 3.05 bits per heavy atom. The van der Waals surface area contributed by atoms with E-state index in [1.165, 1.54) is 17.7 Å². The van der Waals surface area contributed by atoms with Crippen molar-refractivity contribution in [2.24, 2.45) is 5.92 Å². The zero-order valence-electron chi connectivity index (χ0n) is 11.9. The zero-order chi connectivity index (χ0) is 15.1. The maximum atomic E-state index is 12.7. The molecule has 2 N–H and O–H groups in total. The number of carbonyl (C=O) groups excluding carboxylic acids is 1. The molecule has 2 unspecified atom stereocenters. The molecular weight excluding hydrogens is 290 g/mol. The van der Waals surface area contributed by atoms with Crippen LogP contribution in [0.15, 0.2) is 11.1 Å². The van der Waals surface area contributed by atoms with E-state index in [-0.39, 0.29) is 30.0 Å². The van der Waals surface area contributed by atoms with Gasteiger partial charge in [0.1, 0.15) is 4.83 Å². The number of thiophene rings is 1. The number of aliphatic hydroxyl groups is 1. The van der Waals surface area contributed by atoms with Crippen molar-refractivity contribution in [2.75, 3.05) is 13.2 Å². The van der Waals surface area contributed by atoms with Gasteiger partial charge in [0.25, 0.3) is 11.5 Å². The Balaban J connectivity index is 2.05. The molecule has 2 aromatic heterocycles. The molecule has 1 aliphatic rings. The average molecular weight is 307 g/mol. The summed E-state index contributed by atoms with van der Waals surface area (Å²) >= 11 is 1.24. The highest BCUT2D eigenvalue weighted by atomic mass is 32.1. The minimum absolute atomic E-state index is 0.0321. The summed E-state index contributed by atoms with van der Waals surface area (Å²) in [5.74, 6) is 0.175. The summed E-state index contributed by atoms with van der Waals surface area (Å²) in [5, 5.41) is 9.98. The Morgan fingerprint density at radius 1 is 1.62 bits per heavy atom. The fourth-order valence-electron chi connectivity index (χ4n) is 2.95. The van der Waals surface area contributed by atoms with Crippen molar-refractivity contribution < 1.29 is 9.90 Å². The van der Waals surface area contributed by atoms with Crippen molar-refractivity contribution in [1.82, 2.24) is 14.9 Å². The van der Waals surface area contributed by atoms with Crippen molar-refractivity contribution in [1.29, 1.82) is 0 Å². The van der Waals surface area contributed by atoms with Crippen molar-refractivity contribution in [2.45, 2.75) is 26.3 Å². The molecule has 1 aliphatic heterocycles. The van der Waals surface area contributed by atoms with Crippen LogP contribution in [0.1, 0.15) is 28.6 Å². The van der Waals surface area contributed by atoms with Crippen LogP contribution in [-0.4, -0.2) is 45.1 Å². The fraction of sp³-hybridized carbons (Fsp3) is 0.500. The van der Waals surface area contributed by atoms with Gasteiger partial charge in [-0.25, -0.2) is 4.98 Å². The highest BCUT2D eigenvalue weighted by Gasteiger charge is 2.35. The van der Waals surface area contributed by atoms with Crippen LogP contribution >= 0.6 is 11.3 Å². The van der Waals surface area contributed by atoms with Gasteiger partial charge in [0.15, 0.2) is 0 Å². The van der Waals surface area contributed by atoms with Gasteiger partial charge in [0.2, 0.25) is 0 Å². The van der Waals surface area contributed by atoms with Gasteiger partial charge in [-0.3, -0.25) is 9.59 Å². The SMILES string of the molecule is Cc1c(C(=O)N2CCC(C)C2CO)sc2nc[nH]c(=O)c12. The minimum Gasteiger partial charge on any atom is -0.394 e. The van der Waals surface area contributed by atoms with Crippen LogP contribution < -0.4 is 5.56 Å². The second-order valence-corrected chi connectivity index (χ2v) is 6.48. The van der Waals surface area contributed by atoms with Crippen LogP contribution in [0.25, 0.3) is 10.2 Å². The first kappa shape index (κ1) is 14.2. The number of nitrogens with zero attached hydrogens (tertiary/aromatic N) is 2. The van der Waals surface area contributed by atoms with Gasteiger partial charge in [0, 0.05) is 6.54 Å². The number of nitrogens with one attached hydrogen (secondary N) is 1. The highest BCUT2D eigenvalue weighted by Crippen LogP contribution is 2.31. The van der Waals surface area contributed by atoms with E-state index in [1.807, 2.05) is 6.92 Å². The number of likely N-dealkylation sites (tertiary alicyclic amines) is 1. The van der Waals surface area contributed by atoms with Crippen LogP contribution in [0, 0.1) is 12.8 Å². The molecule has 0 aromatic carbocycles. The fourth-order valence-corrected chi connectivity index (χ4v) is 4.06. The smallest absolute Gasteiger partial charge is 0.264 e. The molecular formula is C14H17N3O3S. The molecule has 1 fully saturated rings. The maximum absolute atomic E-state index is 12.7. The molecule has 112 valence electrons. The number of aryl methyl sites for hydroxylation is 1. The maximum Gasteiger partial charge on any atom is 0.264 e.